The lowest BCUT2D eigenvalue weighted by molar-refractivity contribution is -0.116. The molecule has 0 fully saturated rings. The summed E-state index contributed by atoms with van der Waals surface area (Å²) in [7, 11) is 0. The molecule has 2 heterocycles. The summed E-state index contributed by atoms with van der Waals surface area (Å²) in [4.78, 5) is 17.5. The van der Waals surface area contributed by atoms with Crippen LogP contribution < -0.4 is 5.32 Å². The van der Waals surface area contributed by atoms with Crippen molar-refractivity contribution in [3.63, 3.8) is 0 Å². The Bertz CT molecular complexity index is 704. The van der Waals surface area contributed by atoms with Gasteiger partial charge in [0.05, 0.1) is 0 Å². The summed E-state index contributed by atoms with van der Waals surface area (Å²) < 4.78 is 0. The van der Waals surface area contributed by atoms with Gasteiger partial charge in [-0.25, -0.2) is 4.98 Å². The van der Waals surface area contributed by atoms with Crippen LogP contribution in [0.3, 0.4) is 0 Å². The lowest BCUT2D eigenvalue weighted by Gasteiger charge is -2.05. The normalized spacial score (nSPS) is 10.5. The number of nitrogens with zero attached hydrogens (tertiary/aromatic N) is 1. The molecule has 0 bridgehead atoms. The average Bonchev–Trinajstić information content (AvgIpc) is 3.21. The molecule has 0 unspecified atom stereocenters. The number of aromatic nitrogens is 1. The molecule has 3 nitrogen and oxygen atoms in total. The van der Waals surface area contributed by atoms with Crippen molar-refractivity contribution in [1.82, 2.24) is 4.98 Å². The fourth-order valence-electron chi connectivity index (χ4n) is 2.16. The molecule has 0 aliphatic heterocycles. The first-order valence-corrected chi connectivity index (χ1v) is 8.89. The minimum atomic E-state index is 0.0681. The lowest BCUT2D eigenvalue weighted by atomic mass is 10.2. The first-order chi connectivity index (χ1) is 10.8. The summed E-state index contributed by atoms with van der Waals surface area (Å²) in [6.45, 7) is 0. The van der Waals surface area contributed by atoms with Crippen LogP contribution in [0.1, 0.15) is 17.7 Å². The minimum Gasteiger partial charge on any atom is -0.326 e. The van der Waals surface area contributed by atoms with Crippen LogP contribution in [-0.2, 0) is 11.2 Å². The summed E-state index contributed by atoms with van der Waals surface area (Å²) in [5.74, 6) is 0.0681. The summed E-state index contributed by atoms with van der Waals surface area (Å²) in [5, 5.41) is 7.96. The minimum absolute atomic E-state index is 0.0681. The van der Waals surface area contributed by atoms with Gasteiger partial charge in [0, 0.05) is 34.1 Å². The molecule has 0 aliphatic rings. The van der Waals surface area contributed by atoms with Crippen LogP contribution in [0.5, 0.6) is 0 Å². The van der Waals surface area contributed by atoms with Crippen molar-refractivity contribution in [3.8, 4) is 10.6 Å². The van der Waals surface area contributed by atoms with Crippen molar-refractivity contribution >= 4 is 34.3 Å². The van der Waals surface area contributed by atoms with Gasteiger partial charge < -0.3 is 5.32 Å². The van der Waals surface area contributed by atoms with Crippen molar-refractivity contribution in [3.05, 3.63) is 58.2 Å². The van der Waals surface area contributed by atoms with E-state index in [-0.39, 0.29) is 5.91 Å². The molecule has 2 aromatic heterocycles. The van der Waals surface area contributed by atoms with Crippen LogP contribution in [0, 0.1) is 0 Å². The van der Waals surface area contributed by atoms with Gasteiger partial charge in [-0.05, 0) is 48.6 Å². The molecule has 1 N–H and O–H groups in total. The maximum absolute atomic E-state index is 11.9. The second kappa shape index (κ2) is 7.33. The SMILES string of the molecule is O=C(CCCc1cccs1)Nc1ccc(-c2nccs2)cc1. The van der Waals surface area contributed by atoms with E-state index < -0.39 is 0 Å². The first kappa shape index (κ1) is 14.9. The number of rotatable bonds is 6. The van der Waals surface area contributed by atoms with Gasteiger partial charge in [-0.2, -0.15) is 0 Å². The van der Waals surface area contributed by atoms with E-state index in [4.69, 9.17) is 0 Å². The zero-order valence-electron chi connectivity index (χ0n) is 12.0. The Kier molecular flexibility index (Phi) is 4.98. The highest BCUT2D eigenvalue weighted by atomic mass is 32.1. The second-order valence-corrected chi connectivity index (χ2v) is 6.82. The molecule has 3 aromatic rings. The summed E-state index contributed by atoms with van der Waals surface area (Å²) in [5.41, 5.74) is 1.91. The van der Waals surface area contributed by atoms with Gasteiger partial charge in [0.1, 0.15) is 5.01 Å². The number of carbonyl (C=O) groups excluding carboxylic acids is 1. The Labute approximate surface area is 137 Å². The van der Waals surface area contributed by atoms with E-state index in [0.29, 0.717) is 6.42 Å². The lowest BCUT2D eigenvalue weighted by Crippen LogP contribution is -2.11. The molecule has 0 saturated heterocycles. The van der Waals surface area contributed by atoms with Crippen molar-refractivity contribution in [2.45, 2.75) is 19.3 Å². The number of aryl methyl sites for hydroxylation is 1. The van der Waals surface area contributed by atoms with Gasteiger partial charge in [-0.1, -0.05) is 6.07 Å². The number of thiophene rings is 1. The maximum Gasteiger partial charge on any atom is 0.224 e. The quantitative estimate of drug-likeness (QED) is 0.704. The Morgan fingerprint density at radius 1 is 1.09 bits per heavy atom. The Hall–Kier alpha value is -1.98. The number of amides is 1. The van der Waals surface area contributed by atoms with E-state index in [2.05, 4.69) is 21.7 Å². The highest BCUT2D eigenvalue weighted by molar-refractivity contribution is 7.13. The van der Waals surface area contributed by atoms with E-state index in [1.165, 1.54) is 4.88 Å². The zero-order valence-corrected chi connectivity index (χ0v) is 13.6. The predicted octanol–water partition coefficient (Wildman–Crippen LogP) is 4.83. The van der Waals surface area contributed by atoms with E-state index in [0.717, 1.165) is 29.1 Å². The van der Waals surface area contributed by atoms with E-state index >= 15 is 0 Å². The molecular formula is C17H16N2OS2. The van der Waals surface area contributed by atoms with Gasteiger partial charge in [-0.3, -0.25) is 4.79 Å². The van der Waals surface area contributed by atoms with Crippen molar-refractivity contribution in [2.24, 2.45) is 0 Å². The molecule has 3 rings (SSSR count). The molecule has 1 aromatic carbocycles. The van der Waals surface area contributed by atoms with Crippen molar-refractivity contribution in [1.29, 1.82) is 0 Å². The largest absolute Gasteiger partial charge is 0.326 e. The molecule has 0 atom stereocenters. The number of carbonyl (C=O) groups is 1. The van der Waals surface area contributed by atoms with Crippen LogP contribution >= 0.6 is 22.7 Å². The van der Waals surface area contributed by atoms with E-state index in [1.54, 1.807) is 28.9 Å². The fourth-order valence-corrected chi connectivity index (χ4v) is 3.56. The Morgan fingerprint density at radius 3 is 2.64 bits per heavy atom. The smallest absolute Gasteiger partial charge is 0.224 e. The summed E-state index contributed by atoms with van der Waals surface area (Å²) >= 11 is 3.35. The maximum atomic E-state index is 11.9. The second-order valence-electron chi connectivity index (χ2n) is 4.90. The molecule has 0 radical (unpaired) electrons. The number of anilines is 1. The Balaban J connectivity index is 1.49. The third kappa shape index (κ3) is 4.02. The van der Waals surface area contributed by atoms with Crippen molar-refractivity contribution in [2.75, 3.05) is 5.32 Å². The molecule has 0 spiro atoms. The monoisotopic (exact) mass is 328 g/mol. The van der Waals surface area contributed by atoms with E-state index in [9.17, 15) is 4.79 Å². The summed E-state index contributed by atoms with van der Waals surface area (Å²) in [6.07, 6.45) is 4.19. The zero-order chi connectivity index (χ0) is 15.2. The van der Waals surface area contributed by atoms with Gasteiger partial charge in [0.2, 0.25) is 5.91 Å². The average molecular weight is 328 g/mol. The number of hydrogen-bond donors (Lipinski definition) is 1. The van der Waals surface area contributed by atoms with Crippen molar-refractivity contribution < 1.29 is 4.79 Å². The van der Waals surface area contributed by atoms with Crippen LogP contribution in [0.4, 0.5) is 5.69 Å². The third-order valence-electron chi connectivity index (χ3n) is 3.26. The number of nitrogens with one attached hydrogen (secondary N) is 1. The molecule has 1 amide bonds. The van der Waals surface area contributed by atoms with E-state index in [1.807, 2.05) is 35.7 Å². The predicted molar refractivity (Wildman–Crippen MR) is 93.4 cm³/mol. The third-order valence-corrected chi connectivity index (χ3v) is 5.01. The Morgan fingerprint density at radius 2 is 1.95 bits per heavy atom. The molecule has 22 heavy (non-hydrogen) atoms. The van der Waals surface area contributed by atoms with Crippen LogP contribution in [0.15, 0.2) is 53.4 Å². The van der Waals surface area contributed by atoms with Gasteiger partial charge in [0.15, 0.2) is 0 Å². The molecular weight excluding hydrogens is 312 g/mol. The molecule has 0 saturated carbocycles. The van der Waals surface area contributed by atoms with Crippen LogP contribution in [0.25, 0.3) is 10.6 Å². The molecule has 5 heteroatoms. The summed E-state index contributed by atoms with van der Waals surface area (Å²) in [6, 6.07) is 12.0. The number of hydrogen-bond acceptors (Lipinski definition) is 4. The highest BCUT2D eigenvalue weighted by Gasteiger charge is 2.04. The highest BCUT2D eigenvalue weighted by Crippen LogP contribution is 2.23. The molecule has 0 aliphatic carbocycles. The number of thiazole rings is 1. The van der Waals surface area contributed by atoms with Gasteiger partial charge in [-0.15, -0.1) is 22.7 Å². The van der Waals surface area contributed by atoms with Crippen LogP contribution in [-0.4, -0.2) is 10.9 Å². The molecule has 112 valence electrons. The van der Waals surface area contributed by atoms with Gasteiger partial charge >= 0.3 is 0 Å². The standard InChI is InChI=1S/C17H16N2OS2/c20-16(5-1-3-15-4-2-11-21-15)19-14-8-6-13(7-9-14)17-18-10-12-22-17/h2,4,6-12H,1,3,5H2,(H,19,20). The topological polar surface area (TPSA) is 42.0 Å². The van der Waals surface area contributed by atoms with Gasteiger partial charge in [0.25, 0.3) is 0 Å². The first-order valence-electron chi connectivity index (χ1n) is 7.13. The van der Waals surface area contributed by atoms with Crippen LogP contribution in [0.2, 0.25) is 0 Å². The fraction of sp³-hybridized carbons (Fsp3) is 0.176. The number of benzene rings is 1.